The summed E-state index contributed by atoms with van der Waals surface area (Å²) in [5.41, 5.74) is 0.980. The van der Waals surface area contributed by atoms with Crippen molar-refractivity contribution in [2.75, 3.05) is 6.61 Å². The first kappa shape index (κ1) is 21.0. The van der Waals surface area contributed by atoms with E-state index >= 15 is 0 Å². The van der Waals surface area contributed by atoms with E-state index in [9.17, 15) is 22.6 Å². The first-order valence-electron chi connectivity index (χ1n) is 9.63. The van der Waals surface area contributed by atoms with E-state index in [-0.39, 0.29) is 24.5 Å². The average molecular weight is 443 g/mol. The lowest BCUT2D eigenvalue weighted by Gasteiger charge is -2.16. The van der Waals surface area contributed by atoms with Crippen molar-refractivity contribution in [3.8, 4) is 5.75 Å². The number of nitrogens with one attached hydrogen (secondary N) is 1. The van der Waals surface area contributed by atoms with Gasteiger partial charge in [0.05, 0.1) is 5.52 Å². The fraction of sp³-hybridized carbons (Fsp3) is 0.286. The molecule has 0 saturated heterocycles. The van der Waals surface area contributed by atoms with Crippen molar-refractivity contribution in [3.05, 3.63) is 70.1 Å². The topological polar surface area (TPSA) is 128 Å². The maximum Gasteiger partial charge on any atom is 0.274 e. The average Bonchev–Trinajstić information content (AvgIpc) is 3.55. The molecule has 0 bridgehead atoms. The number of carbonyl (C=O) groups excluding carboxylic acids is 1. The van der Waals surface area contributed by atoms with Crippen LogP contribution in [0.4, 0.5) is 0 Å². The molecule has 2 heterocycles. The molecule has 1 saturated carbocycles. The van der Waals surface area contributed by atoms with Gasteiger partial charge in [0.2, 0.25) is 0 Å². The number of carbonyl (C=O) groups is 1. The van der Waals surface area contributed by atoms with E-state index in [1.165, 1.54) is 29.9 Å². The number of pyridine rings is 2. The standard InChI is InChI=1S/C21H21N3O6S/c1-24-18-16(22-10-7-17(18)30-13-21(8-9-21)31(27,28)29)11-15(20(24)26)19(25)23-12-14-5-3-2-4-6-14/h2-7,10-11H,8-9,12-13H2,1H3,(H,23,25)(H,27,28,29). The van der Waals surface area contributed by atoms with E-state index in [4.69, 9.17) is 4.74 Å². The molecule has 31 heavy (non-hydrogen) atoms. The summed E-state index contributed by atoms with van der Waals surface area (Å²) in [6, 6.07) is 12.2. The van der Waals surface area contributed by atoms with E-state index in [1.54, 1.807) is 0 Å². The summed E-state index contributed by atoms with van der Waals surface area (Å²) < 4.78 is 38.2. The first-order valence-corrected chi connectivity index (χ1v) is 11.1. The predicted octanol–water partition coefficient (Wildman–Crippen LogP) is 1.66. The second-order valence-electron chi connectivity index (χ2n) is 7.58. The molecule has 1 aliphatic carbocycles. The summed E-state index contributed by atoms with van der Waals surface area (Å²) in [5, 5.41) is 2.73. The first-order chi connectivity index (χ1) is 14.7. The second kappa shape index (κ2) is 7.78. The number of aryl methyl sites for hydroxylation is 1. The van der Waals surface area contributed by atoms with Crippen LogP contribution in [0.25, 0.3) is 11.0 Å². The number of nitrogens with zero attached hydrogens (tertiary/aromatic N) is 2. The van der Waals surface area contributed by atoms with Gasteiger partial charge >= 0.3 is 0 Å². The Bertz CT molecular complexity index is 1310. The minimum Gasteiger partial charge on any atom is -0.490 e. The van der Waals surface area contributed by atoms with Crippen molar-refractivity contribution in [1.82, 2.24) is 14.9 Å². The van der Waals surface area contributed by atoms with Crippen LogP contribution in [0.15, 0.2) is 53.5 Å². The number of benzene rings is 1. The zero-order chi connectivity index (χ0) is 22.2. The molecule has 162 valence electrons. The molecular weight excluding hydrogens is 422 g/mol. The van der Waals surface area contributed by atoms with Gasteiger partial charge in [-0.25, -0.2) is 0 Å². The Morgan fingerprint density at radius 3 is 2.61 bits per heavy atom. The van der Waals surface area contributed by atoms with E-state index < -0.39 is 26.3 Å². The Hall–Kier alpha value is -3.24. The summed E-state index contributed by atoms with van der Waals surface area (Å²) in [4.78, 5) is 29.7. The van der Waals surface area contributed by atoms with Gasteiger partial charge in [-0.1, -0.05) is 30.3 Å². The maximum atomic E-state index is 12.8. The van der Waals surface area contributed by atoms with Crippen LogP contribution in [0.5, 0.6) is 5.75 Å². The Kier molecular flexibility index (Phi) is 5.28. The lowest BCUT2D eigenvalue weighted by Crippen LogP contribution is -2.32. The molecule has 0 spiro atoms. The largest absolute Gasteiger partial charge is 0.490 e. The highest BCUT2D eigenvalue weighted by Crippen LogP contribution is 2.43. The van der Waals surface area contributed by atoms with Gasteiger partial charge in [0.25, 0.3) is 21.6 Å². The highest BCUT2D eigenvalue weighted by atomic mass is 32.2. The van der Waals surface area contributed by atoms with Crippen LogP contribution >= 0.6 is 0 Å². The van der Waals surface area contributed by atoms with Gasteiger partial charge in [-0.15, -0.1) is 0 Å². The van der Waals surface area contributed by atoms with Gasteiger partial charge in [0, 0.05) is 25.9 Å². The third-order valence-corrected chi connectivity index (χ3v) is 7.07. The fourth-order valence-corrected chi connectivity index (χ4v) is 4.18. The summed E-state index contributed by atoms with van der Waals surface area (Å²) in [6.45, 7) is 0.0353. The Morgan fingerprint density at radius 2 is 1.97 bits per heavy atom. The van der Waals surface area contributed by atoms with Crippen molar-refractivity contribution >= 4 is 27.1 Å². The molecule has 9 nitrogen and oxygen atoms in total. The summed E-state index contributed by atoms with van der Waals surface area (Å²) in [5.74, 6) is -0.279. The van der Waals surface area contributed by atoms with Crippen LogP contribution < -0.4 is 15.6 Å². The van der Waals surface area contributed by atoms with Crippen molar-refractivity contribution < 1.29 is 22.5 Å². The smallest absolute Gasteiger partial charge is 0.274 e. The lowest BCUT2D eigenvalue weighted by atomic mass is 10.2. The molecule has 10 heteroatoms. The van der Waals surface area contributed by atoms with E-state index in [0.29, 0.717) is 23.9 Å². The molecule has 1 amide bonds. The van der Waals surface area contributed by atoms with Crippen molar-refractivity contribution in [3.63, 3.8) is 0 Å². The lowest BCUT2D eigenvalue weighted by molar-refractivity contribution is 0.0949. The molecule has 0 unspecified atom stereocenters. The minimum absolute atomic E-state index is 0.0628. The highest BCUT2D eigenvalue weighted by molar-refractivity contribution is 7.87. The van der Waals surface area contributed by atoms with Crippen molar-refractivity contribution in [2.45, 2.75) is 24.1 Å². The van der Waals surface area contributed by atoms with Crippen LogP contribution in [0.2, 0.25) is 0 Å². The van der Waals surface area contributed by atoms with Crippen LogP contribution in [0.1, 0.15) is 28.8 Å². The third-order valence-electron chi connectivity index (χ3n) is 5.45. The number of rotatable bonds is 7. The molecule has 4 rings (SSSR count). The SMILES string of the molecule is Cn1c(=O)c(C(=O)NCc2ccccc2)cc2nccc(OCC3(S(=O)(=O)O)CC3)c21. The summed E-state index contributed by atoms with van der Waals surface area (Å²) in [6.07, 6.45) is 2.06. The summed E-state index contributed by atoms with van der Waals surface area (Å²) in [7, 11) is -2.75. The zero-order valence-corrected chi connectivity index (χ0v) is 17.6. The van der Waals surface area contributed by atoms with Gasteiger partial charge < -0.3 is 14.6 Å². The monoisotopic (exact) mass is 443 g/mol. The molecule has 0 radical (unpaired) electrons. The van der Waals surface area contributed by atoms with E-state index in [1.807, 2.05) is 30.3 Å². The van der Waals surface area contributed by atoms with Gasteiger partial charge in [0.15, 0.2) is 0 Å². The Labute approximate surface area is 178 Å². The fourth-order valence-electron chi connectivity index (χ4n) is 3.35. The number of aromatic nitrogens is 2. The molecule has 3 aromatic rings. The Morgan fingerprint density at radius 1 is 1.26 bits per heavy atom. The number of fused-ring (bicyclic) bond motifs is 1. The van der Waals surface area contributed by atoms with E-state index in [2.05, 4.69) is 10.3 Å². The molecule has 1 fully saturated rings. The second-order valence-corrected chi connectivity index (χ2v) is 9.40. The number of hydrogen-bond donors (Lipinski definition) is 2. The van der Waals surface area contributed by atoms with Crippen molar-refractivity contribution in [1.29, 1.82) is 0 Å². The van der Waals surface area contributed by atoms with Crippen LogP contribution in [-0.2, 0) is 23.7 Å². The third kappa shape index (κ3) is 4.04. The minimum atomic E-state index is -4.24. The van der Waals surface area contributed by atoms with Crippen LogP contribution in [0.3, 0.4) is 0 Å². The van der Waals surface area contributed by atoms with Gasteiger partial charge in [-0.05, 0) is 24.5 Å². The summed E-state index contributed by atoms with van der Waals surface area (Å²) >= 11 is 0. The molecule has 1 aromatic carbocycles. The number of amides is 1. The molecule has 2 N–H and O–H groups in total. The van der Waals surface area contributed by atoms with Gasteiger partial charge in [0.1, 0.15) is 28.2 Å². The normalized spacial score (nSPS) is 14.9. The molecule has 1 aliphatic rings. The quantitative estimate of drug-likeness (QED) is 0.532. The zero-order valence-electron chi connectivity index (χ0n) is 16.7. The molecule has 2 aromatic heterocycles. The van der Waals surface area contributed by atoms with Gasteiger partial charge in [-0.3, -0.25) is 19.1 Å². The number of ether oxygens (including phenoxy) is 1. The molecule has 0 aliphatic heterocycles. The maximum absolute atomic E-state index is 12.8. The molecule has 0 atom stereocenters. The van der Waals surface area contributed by atoms with Crippen LogP contribution in [0, 0.1) is 0 Å². The van der Waals surface area contributed by atoms with Gasteiger partial charge in [-0.2, -0.15) is 8.42 Å². The Balaban J connectivity index is 1.62. The van der Waals surface area contributed by atoms with Crippen molar-refractivity contribution in [2.24, 2.45) is 7.05 Å². The van der Waals surface area contributed by atoms with Crippen LogP contribution in [-0.4, -0.2) is 39.8 Å². The number of hydrogen-bond acceptors (Lipinski definition) is 6. The van der Waals surface area contributed by atoms with E-state index in [0.717, 1.165) is 5.56 Å². The highest BCUT2D eigenvalue weighted by Gasteiger charge is 2.55. The molecular formula is C21H21N3O6S. The predicted molar refractivity (Wildman–Crippen MR) is 114 cm³/mol.